The lowest BCUT2D eigenvalue weighted by Crippen LogP contribution is -2.29. The monoisotopic (exact) mass is 413 g/mol. The Labute approximate surface area is 173 Å². The summed E-state index contributed by atoms with van der Waals surface area (Å²) < 4.78 is 12.6. The largest absolute Gasteiger partial charge is 0.494 e. The summed E-state index contributed by atoms with van der Waals surface area (Å²) in [7, 11) is 0. The lowest BCUT2D eigenvalue weighted by atomic mass is 10.2. The molecule has 0 aliphatic rings. The number of benzene rings is 2. The first kappa shape index (κ1) is 20.7. The first-order valence-electron chi connectivity index (χ1n) is 9.26. The molecule has 0 spiro atoms. The number of nitrogens with one attached hydrogen (secondary N) is 1. The van der Waals surface area contributed by atoms with Gasteiger partial charge in [-0.2, -0.15) is 4.68 Å². The van der Waals surface area contributed by atoms with Crippen molar-refractivity contribution in [3.8, 4) is 17.2 Å². The third-order valence-electron chi connectivity index (χ3n) is 3.85. The van der Waals surface area contributed by atoms with Crippen LogP contribution in [0.2, 0.25) is 0 Å². The highest BCUT2D eigenvalue weighted by Crippen LogP contribution is 2.19. The molecule has 0 aliphatic heterocycles. The summed E-state index contributed by atoms with van der Waals surface area (Å²) in [5.74, 6) is 1.64. The molecular formula is C20H23N5O3S. The highest BCUT2D eigenvalue weighted by atomic mass is 32.2. The zero-order valence-corrected chi connectivity index (χ0v) is 17.2. The van der Waals surface area contributed by atoms with E-state index in [2.05, 4.69) is 20.8 Å². The number of hydrogen-bond acceptors (Lipinski definition) is 7. The van der Waals surface area contributed by atoms with Crippen molar-refractivity contribution in [2.75, 3.05) is 25.5 Å². The summed E-state index contributed by atoms with van der Waals surface area (Å²) in [6, 6.07) is 15.2. The number of thioether (sulfide) groups is 1. The second-order valence-corrected chi connectivity index (χ2v) is 7.05. The molecule has 0 saturated heterocycles. The van der Waals surface area contributed by atoms with Crippen molar-refractivity contribution in [1.82, 2.24) is 25.5 Å². The van der Waals surface area contributed by atoms with Crippen LogP contribution in [-0.4, -0.2) is 51.6 Å². The van der Waals surface area contributed by atoms with Gasteiger partial charge in [0.25, 0.3) is 0 Å². The molecule has 1 amide bonds. The van der Waals surface area contributed by atoms with Gasteiger partial charge in [0.1, 0.15) is 18.1 Å². The Bertz CT molecular complexity index is 930. The fourth-order valence-electron chi connectivity index (χ4n) is 2.53. The van der Waals surface area contributed by atoms with E-state index in [9.17, 15) is 4.79 Å². The molecule has 0 fully saturated rings. The third-order valence-corrected chi connectivity index (χ3v) is 4.77. The van der Waals surface area contributed by atoms with Gasteiger partial charge in [-0.25, -0.2) is 0 Å². The van der Waals surface area contributed by atoms with Gasteiger partial charge in [0.05, 0.1) is 24.6 Å². The van der Waals surface area contributed by atoms with Crippen molar-refractivity contribution in [2.45, 2.75) is 19.0 Å². The van der Waals surface area contributed by atoms with E-state index in [0.29, 0.717) is 24.9 Å². The maximum absolute atomic E-state index is 12.1. The average Bonchev–Trinajstić information content (AvgIpc) is 3.20. The molecule has 0 saturated carbocycles. The molecule has 0 atom stereocenters. The van der Waals surface area contributed by atoms with Gasteiger partial charge in [0.2, 0.25) is 11.1 Å². The molecule has 152 valence electrons. The molecule has 29 heavy (non-hydrogen) atoms. The van der Waals surface area contributed by atoms with Crippen molar-refractivity contribution in [2.24, 2.45) is 0 Å². The molecule has 2 aromatic carbocycles. The van der Waals surface area contributed by atoms with Gasteiger partial charge in [-0.05, 0) is 66.2 Å². The van der Waals surface area contributed by atoms with E-state index in [0.717, 1.165) is 22.7 Å². The summed E-state index contributed by atoms with van der Waals surface area (Å²) in [6.45, 7) is 5.36. The predicted octanol–water partition coefficient (Wildman–Crippen LogP) is 2.66. The lowest BCUT2D eigenvalue weighted by molar-refractivity contribution is -0.118. The van der Waals surface area contributed by atoms with Gasteiger partial charge < -0.3 is 14.8 Å². The number of hydrogen-bond donors (Lipinski definition) is 1. The number of nitrogens with zero attached hydrogens (tertiary/aromatic N) is 4. The number of carbonyl (C=O) groups is 1. The van der Waals surface area contributed by atoms with E-state index >= 15 is 0 Å². The number of aryl methyl sites for hydroxylation is 1. The Hall–Kier alpha value is -3.07. The van der Waals surface area contributed by atoms with Crippen LogP contribution in [0.4, 0.5) is 0 Å². The Morgan fingerprint density at radius 2 is 1.90 bits per heavy atom. The van der Waals surface area contributed by atoms with Gasteiger partial charge in [-0.3, -0.25) is 4.79 Å². The molecule has 0 radical (unpaired) electrons. The van der Waals surface area contributed by atoms with E-state index in [-0.39, 0.29) is 11.7 Å². The van der Waals surface area contributed by atoms with Gasteiger partial charge >= 0.3 is 0 Å². The minimum Gasteiger partial charge on any atom is -0.494 e. The SMILES string of the molecule is CCOc1ccc(OCCNC(=O)CSc2nnnn2-c2cccc(C)c2)cc1. The van der Waals surface area contributed by atoms with Crippen LogP contribution in [0.1, 0.15) is 12.5 Å². The third kappa shape index (κ3) is 6.21. The van der Waals surface area contributed by atoms with Crippen LogP contribution in [0.25, 0.3) is 5.69 Å². The van der Waals surface area contributed by atoms with Crippen LogP contribution < -0.4 is 14.8 Å². The van der Waals surface area contributed by atoms with Crippen molar-refractivity contribution in [3.63, 3.8) is 0 Å². The molecular weight excluding hydrogens is 390 g/mol. The van der Waals surface area contributed by atoms with Crippen molar-refractivity contribution < 1.29 is 14.3 Å². The zero-order chi connectivity index (χ0) is 20.5. The summed E-state index contributed by atoms with van der Waals surface area (Å²) in [5, 5.41) is 15.1. The standard InChI is InChI=1S/C20H23N5O3S/c1-3-27-17-7-9-18(10-8-17)28-12-11-21-19(26)14-29-20-22-23-24-25(20)16-6-4-5-15(2)13-16/h4-10,13H,3,11-12,14H2,1-2H3,(H,21,26). The quantitative estimate of drug-likeness (QED) is 0.404. The molecule has 8 nitrogen and oxygen atoms in total. The van der Waals surface area contributed by atoms with E-state index in [1.807, 2.05) is 62.4 Å². The van der Waals surface area contributed by atoms with Gasteiger partial charge in [0, 0.05) is 0 Å². The minimum absolute atomic E-state index is 0.107. The van der Waals surface area contributed by atoms with Crippen LogP contribution in [0.5, 0.6) is 11.5 Å². The number of rotatable bonds is 10. The molecule has 1 aromatic heterocycles. The zero-order valence-electron chi connectivity index (χ0n) is 16.4. The molecule has 0 aliphatic carbocycles. The number of tetrazole rings is 1. The fourth-order valence-corrected chi connectivity index (χ4v) is 3.25. The summed E-state index contributed by atoms with van der Waals surface area (Å²) in [5.41, 5.74) is 1.97. The molecule has 3 aromatic rings. The second-order valence-electron chi connectivity index (χ2n) is 6.10. The van der Waals surface area contributed by atoms with E-state index in [4.69, 9.17) is 9.47 Å². The highest BCUT2D eigenvalue weighted by molar-refractivity contribution is 7.99. The van der Waals surface area contributed by atoms with Gasteiger partial charge in [0.15, 0.2) is 0 Å². The molecule has 0 unspecified atom stereocenters. The lowest BCUT2D eigenvalue weighted by Gasteiger charge is -2.09. The highest BCUT2D eigenvalue weighted by Gasteiger charge is 2.11. The summed E-state index contributed by atoms with van der Waals surface area (Å²) in [4.78, 5) is 12.1. The topological polar surface area (TPSA) is 91.2 Å². The maximum atomic E-state index is 12.1. The first-order chi connectivity index (χ1) is 14.2. The minimum atomic E-state index is -0.107. The fraction of sp³-hybridized carbons (Fsp3) is 0.300. The Kier molecular flexibility index (Phi) is 7.46. The van der Waals surface area contributed by atoms with Crippen LogP contribution in [0.3, 0.4) is 0 Å². The van der Waals surface area contributed by atoms with Gasteiger partial charge in [-0.15, -0.1) is 5.10 Å². The normalized spacial score (nSPS) is 10.6. The predicted molar refractivity (Wildman–Crippen MR) is 111 cm³/mol. The van der Waals surface area contributed by atoms with Crippen LogP contribution in [0, 0.1) is 6.92 Å². The second kappa shape index (κ2) is 10.5. The Morgan fingerprint density at radius 3 is 2.62 bits per heavy atom. The molecule has 0 bridgehead atoms. The Balaban J connectivity index is 1.40. The van der Waals surface area contributed by atoms with Crippen molar-refractivity contribution in [3.05, 3.63) is 54.1 Å². The first-order valence-corrected chi connectivity index (χ1v) is 10.2. The van der Waals surface area contributed by atoms with Crippen LogP contribution in [-0.2, 0) is 4.79 Å². The number of amides is 1. The molecule has 9 heteroatoms. The molecule has 1 heterocycles. The number of carbonyl (C=O) groups excluding carboxylic acids is 1. The van der Waals surface area contributed by atoms with E-state index in [1.165, 1.54) is 11.8 Å². The maximum Gasteiger partial charge on any atom is 0.230 e. The van der Waals surface area contributed by atoms with Crippen LogP contribution in [0.15, 0.2) is 53.7 Å². The van der Waals surface area contributed by atoms with E-state index < -0.39 is 0 Å². The number of aromatic nitrogens is 4. The number of ether oxygens (including phenoxy) is 2. The van der Waals surface area contributed by atoms with Crippen molar-refractivity contribution >= 4 is 17.7 Å². The van der Waals surface area contributed by atoms with Gasteiger partial charge in [-0.1, -0.05) is 23.9 Å². The average molecular weight is 414 g/mol. The van der Waals surface area contributed by atoms with Crippen molar-refractivity contribution in [1.29, 1.82) is 0 Å². The summed E-state index contributed by atoms with van der Waals surface area (Å²) in [6.07, 6.45) is 0. The Morgan fingerprint density at radius 1 is 1.14 bits per heavy atom. The summed E-state index contributed by atoms with van der Waals surface area (Å²) >= 11 is 1.28. The van der Waals surface area contributed by atoms with Crippen LogP contribution >= 0.6 is 11.8 Å². The smallest absolute Gasteiger partial charge is 0.230 e. The molecule has 3 rings (SSSR count). The molecule has 1 N–H and O–H groups in total. The van der Waals surface area contributed by atoms with E-state index in [1.54, 1.807) is 4.68 Å².